The van der Waals surface area contributed by atoms with Gasteiger partial charge in [-0.3, -0.25) is 14.5 Å². The Morgan fingerprint density at radius 3 is 2.15 bits per heavy atom. The molecule has 0 bridgehead atoms. The SMILES string of the molecule is CCCCN(CC(=O)N1c2ccccc2-n2cccc2C1c1ccccc1)C(=O)c1ccc(C(C)(C)C)cc1. The van der Waals surface area contributed by atoms with E-state index in [1.54, 1.807) is 4.90 Å². The zero-order chi connectivity index (χ0) is 27.6. The Balaban J connectivity index is 1.50. The molecule has 39 heavy (non-hydrogen) atoms. The van der Waals surface area contributed by atoms with Crippen LogP contribution in [0.4, 0.5) is 5.69 Å². The van der Waals surface area contributed by atoms with Crippen LogP contribution in [0.1, 0.15) is 73.8 Å². The number of aromatic nitrogens is 1. The highest BCUT2D eigenvalue weighted by molar-refractivity contribution is 6.02. The van der Waals surface area contributed by atoms with Crippen LogP contribution in [0.2, 0.25) is 0 Å². The van der Waals surface area contributed by atoms with E-state index in [2.05, 4.69) is 50.5 Å². The van der Waals surface area contributed by atoms with Crippen LogP contribution in [0.3, 0.4) is 0 Å². The predicted octanol–water partition coefficient (Wildman–Crippen LogP) is 7.15. The van der Waals surface area contributed by atoms with Gasteiger partial charge in [0.05, 0.1) is 17.1 Å². The third-order valence-corrected chi connectivity index (χ3v) is 7.50. The molecule has 0 saturated heterocycles. The number of fused-ring (bicyclic) bond motifs is 3. The minimum atomic E-state index is -0.294. The van der Waals surface area contributed by atoms with Crippen molar-refractivity contribution in [3.8, 4) is 5.69 Å². The fourth-order valence-corrected chi connectivity index (χ4v) is 5.35. The lowest BCUT2D eigenvalue weighted by Gasteiger charge is -2.39. The van der Waals surface area contributed by atoms with E-state index >= 15 is 0 Å². The molecular formula is C34H37N3O2. The summed E-state index contributed by atoms with van der Waals surface area (Å²) in [6.07, 6.45) is 3.82. The largest absolute Gasteiger partial charge is 0.329 e. The fraction of sp³-hybridized carbons (Fsp3) is 0.294. The number of rotatable bonds is 7. The summed E-state index contributed by atoms with van der Waals surface area (Å²) in [7, 11) is 0. The summed E-state index contributed by atoms with van der Waals surface area (Å²) >= 11 is 0. The number of benzene rings is 3. The molecule has 0 N–H and O–H groups in total. The highest BCUT2D eigenvalue weighted by Crippen LogP contribution is 2.42. The third-order valence-electron chi connectivity index (χ3n) is 7.50. The van der Waals surface area contributed by atoms with Gasteiger partial charge in [-0.15, -0.1) is 0 Å². The van der Waals surface area contributed by atoms with Gasteiger partial charge in [0.2, 0.25) is 5.91 Å². The summed E-state index contributed by atoms with van der Waals surface area (Å²) in [5.74, 6) is -0.207. The number of carbonyl (C=O) groups excluding carboxylic acids is 2. The van der Waals surface area contributed by atoms with E-state index in [0.29, 0.717) is 12.1 Å². The van der Waals surface area contributed by atoms with Gasteiger partial charge in [0.1, 0.15) is 12.6 Å². The summed E-state index contributed by atoms with van der Waals surface area (Å²) in [6, 6.07) is 29.7. The third kappa shape index (κ3) is 5.26. The molecular weight excluding hydrogens is 482 g/mol. The maximum Gasteiger partial charge on any atom is 0.254 e. The zero-order valence-corrected chi connectivity index (χ0v) is 23.3. The van der Waals surface area contributed by atoms with Gasteiger partial charge in [-0.25, -0.2) is 0 Å². The molecule has 0 fully saturated rings. The molecule has 2 heterocycles. The lowest BCUT2D eigenvalue weighted by molar-refractivity contribution is -0.119. The number of carbonyl (C=O) groups is 2. The second-order valence-corrected chi connectivity index (χ2v) is 11.3. The highest BCUT2D eigenvalue weighted by Gasteiger charge is 2.37. The van der Waals surface area contributed by atoms with Crippen LogP contribution in [0, 0.1) is 0 Å². The van der Waals surface area contributed by atoms with Crippen LogP contribution in [-0.2, 0) is 10.2 Å². The van der Waals surface area contributed by atoms with E-state index < -0.39 is 0 Å². The van der Waals surface area contributed by atoms with Crippen LogP contribution in [0.25, 0.3) is 5.69 Å². The van der Waals surface area contributed by atoms with E-state index in [1.165, 1.54) is 5.56 Å². The number of hydrogen-bond acceptors (Lipinski definition) is 2. The van der Waals surface area contributed by atoms with Gasteiger partial charge in [0.15, 0.2) is 0 Å². The lowest BCUT2D eigenvalue weighted by atomic mass is 9.86. The topological polar surface area (TPSA) is 45.6 Å². The molecule has 4 aromatic rings. The number of unbranched alkanes of at least 4 members (excludes halogenated alkanes) is 1. The minimum Gasteiger partial charge on any atom is -0.329 e. The summed E-state index contributed by atoms with van der Waals surface area (Å²) in [6.45, 7) is 9.12. The van der Waals surface area contributed by atoms with Gasteiger partial charge in [0.25, 0.3) is 5.91 Å². The summed E-state index contributed by atoms with van der Waals surface area (Å²) in [5.41, 5.74) is 5.65. The Morgan fingerprint density at radius 2 is 1.49 bits per heavy atom. The fourth-order valence-electron chi connectivity index (χ4n) is 5.35. The smallest absolute Gasteiger partial charge is 0.254 e. The maximum absolute atomic E-state index is 14.3. The number of para-hydroxylation sites is 2. The molecule has 1 aliphatic heterocycles. The second kappa shape index (κ2) is 10.9. The van der Waals surface area contributed by atoms with Gasteiger partial charge in [0, 0.05) is 18.3 Å². The molecule has 0 aliphatic carbocycles. The van der Waals surface area contributed by atoms with Crippen LogP contribution in [-0.4, -0.2) is 34.4 Å². The molecule has 2 amide bonds. The van der Waals surface area contributed by atoms with E-state index in [9.17, 15) is 9.59 Å². The summed E-state index contributed by atoms with van der Waals surface area (Å²) in [4.78, 5) is 31.6. The van der Waals surface area contributed by atoms with E-state index in [-0.39, 0.29) is 29.8 Å². The number of amides is 2. The molecule has 1 aliphatic rings. The van der Waals surface area contributed by atoms with Crippen molar-refractivity contribution in [2.45, 2.75) is 52.0 Å². The number of hydrogen-bond donors (Lipinski definition) is 0. The molecule has 0 radical (unpaired) electrons. The number of nitrogens with zero attached hydrogens (tertiary/aromatic N) is 3. The molecule has 3 aromatic carbocycles. The zero-order valence-electron chi connectivity index (χ0n) is 23.3. The first-order valence-electron chi connectivity index (χ1n) is 13.8. The van der Waals surface area contributed by atoms with Crippen molar-refractivity contribution in [3.63, 3.8) is 0 Å². The van der Waals surface area contributed by atoms with Crippen molar-refractivity contribution in [1.29, 1.82) is 0 Å². The van der Waals surface area contributed by atoms with Crippen LogP contribution < -0.4 is 4.90 Å². The van der Waals surface area contributed by atoms with E-state index in [0.717, 1.165) is 35.5 Å². The molecule has 1 aromatic heterocycles. The molecule has 1 unspecified atom stereocenters. The Bertz CT molecular complexity index is 1450. The summed E-state index contributed by atoms with van der Waals surface area (Å²) < 4.78 is 2.16. The quantitative estimate of drug-likeness (QED) is 0.260. The number of anilines is 1. The molecule has 1 atom stereocenters. The maximum atomic E-state index is 14.3. The van der Waals surface area contributed by atoms with Crippen LogP contribution in [0.5, 0.6) is 0 Å². The van der Waals surface area contributed by atoms with Crippen molar-refractivity contribution in [1.82, 2.24) is 9.47 Å². The van der Waals surface area contributed by atoms with Gasteiger partial charge in [-0.05, 0) is 59.4 Å². The van der Waals surface area contributed by atoms with Crippen molar-refractivity contribution in [2.75, 3.05) is 18.0 Å². The first kappa shape index (κ1) is 26.5. The van der Waals surface area contributed by atoms with Gasteiger partial charge >= 0.3 is 0 Å². The van der Waals surface area contributed by atoms with Gasteiger partial charge < -0.3 is 9.47 Å². The Hall–Kier alpha value is -4.12. The normalized spacial score (nSPS) is 14.5. The molecule has 0 saturated carbocycles. The Morgan fingerprint density at radius 1 is 0.821 bits per heavy atom. The van der Waals surface area contributed by atoms with Crippen molar-refractivity contribution < 1.29 is 9.59 Å². The predicted molar refractivity (Wildman–Crippen MR) is 157 cm³/mol. The van der Waals surface area contributed by atoms with E-state index in [4.69, 9.17) is 0 Å². The van der Waals surface area contributed by atoms with Gasteiger partial charge in [-0.1, -0.05) is 88.7 Å². The minimum absolute atomic E-state index is 0.00517. The average Bonchev–Trinajstić information content (AvgIpc) is 3.44. The van der Waals surface area contributed by atoms with Crippen LogP contribution >= 0.6 is 0 Å². The summed E-state index contributed by atoms with van der Waals surface area (Å²) in [5, 5.41) is 0. The molecule has 5 heteroatoms. The van der Waals surface area contributed by atoms with Crippen molar-refractivity contribution in [2.24, 2.45) is 0 Å². The monoisotopic (exact) mass is 519 g/mol. The lowest BCUT2D eigenvalue weighted by Crippen LogP contribution is -2.47. The van der Waals surface area contributed by atoms with Gasteiger partial charge in [-0.2, -0.15) is 0 Å². The molecule has 5 nitrogen and oxygen atoms in total. The molecule has 5 rings (SSSR count). The van der Waals surface area contributed by atoms with E-state index in [1.807, 2.05) is 83.9 Å². The average molecular weight is 520 g/mol. The van der Waals surface area contributed by atoms with Crippen molar-refractivity contribution in [3.05, 3.63) is 120 Å². The highest BCUT2D eigenvalue weighted by atomic mass is 16.2. The first-order chi connectivity index (χ1) is 18.8. The first-order valence-corrected chi connectivity index (χ1v) is 13.8. The Labute approximate surface area is 231 Å². The molecule has 200 valence electrons. The molecule has 0 spiro atoms. The Kier molecular flexibility index (Phi) is 7.42. The standard InChI is InChI=1S/C34H37N3O2/c1-5-6-22-35(33(39)26-18-20-27(21-19-26)34(2,3)4)24-31(38)37-29-16-11-10-15-28(29)36-23-12-17-30(36)32(37)25-13-8-7-9-14-25/h7-21,23,32H,5-6,22,24H2,1-4H3. The second-order valence-electron chi connectivity index (χ2n) is 11.3. The van der Waals surface area contributed by atoms with Crippen molar-refractivity contribution >= 4 is 17.5 Å². The van der Waals surface area contributed by atoms with Crippen LogP contribution in [0.15, 0.2) is 97.2 Å².